The van der Waals surface area contributed by atoms with Gasteiger partial charge in [-0.3, -0.25) is 4.57 Å². The second-order valence-corrected chi connectivity index (χ2v) is 8.20. The van der Waals surface area contributed by atoms with Crippen LogP contribution in [-0.4, -0.2) is 26.4 Å². The summed E-state index contributed by atoms with van der Waals surface area (Å²) in [4.78, 5) is 12.4. The van der Waals surface area contributed by atoms with E-state index in [1.807, 2.05) is 18.2 Å². The van der Waals surface area contributed by atoms with E-state index in [9.17, 15) is 9.36 Å². The quantitative estimate of drug-likeness (QED) is 0.481. The third-order valence-electron chi connectivity index (χ3n) is 3.45. The second-order valence-electron chi connectivity index (χ2n) is 4.97. The standard InChI is InChI=1S/C17H18BrO5P/c1-21-24(20,22-2)12-16(13-8-10-15(18)11-9-13)23-17(19)14-6-4-3-5-7-14/h3-11,16H,12H2,1-2H3/t16-/m0/s1. The van der Waals surface area contributed by atoms with Crippen molar-refractivity contribution >= 4 is 29.5 Å². The molecule has 0 aliphatic carbocycles. The summed E-state index contributed by atoms with van der Waals surface area (Å²) in [6.45, 7) is 0. The minimum atomic E-state index is -3.35. The van der Waals surface area contributed by atoms with E-state index in [0.717, 1.165) is 4.47 Å². The van der Waals surface area contributed by atoms with E-state index >= 15 is 0 Å². The zero-order valence-electron chi connectivity index (χ0n) is 13.3. The maximum absolute atomic E-state index is 12.5. The lowest BCUT2D eigenvalue weighted by atomic mass is 10.1. The van der Waals surface area contributed by atoms with Gasteiger partial charge in [-0.2, -0.15) is 0 Å². The van der Waals surface area contributed by atoms with Gasteiger partial charge in [0.05, 0.1) is 11.7 Å². The van der Waals surface area contributed by atoms with Crippen molar-refractivity contribution in [2.45, 2.75) is 6.10 Å². The van der Waals surface area contributed by atoms with Gasteiger partial charge < -0.3 is 13.8 Å². The molecule has 24 heavy (non-hydrogen) atoms. The Balaban J connectivity index is 2.27. The van der Waals surface area contributed by atoms with E-state index in [4.69, 9.17) is 13.8 Å². The Morgan fingerprint density at radius 3 is 2.17 bits per heavy atom. The van der Waals surface area contributed by atoms with Gasteiger partial charge >= 0.3 is 13.6 Å². The zero-order valence-corrected chi connectivity index (χ0v) is 15.8. The molecule has 0 saturated carbocycles. The predicted octanol–water partition coefficient (Wildman–Crippen LogP) is 4.83. The Labute approximate surface area is 149 Å². The summed E-state index contributed by atoms with van der Waals surface area (Å²) in [6.07, 6.45) is -0.822. The van der Waals surface area contributed by atoms with Crippen molar-refractivity contribution in [2.24, 2.45) is 0 Å². The summed E-state index contributed by atoms with van der Waals surface area (Å²) >= 11 is 3.36. The Hall–Kier alpha value is -1.46. The van der Waals surface area contributed by atoms with Crippen LogP contribution in [0.3, 0.4) is 0 Å². The molecule has 0 spiro atoms. The lowest BCUT2D eigenvalue weighted by Crippen LogP contribution is -2.16. The maximum Gasteiger partial charge on any atom is 0.338 e. The van der Waals surface area contributed by atoms with E-state index in [1.54, 1.807) is 36.4 Å². The van der Waals surface area contributed by atoms with Crippen LogP contribution < -0.4 is 0 Å². The van der Waals surface area contributed by atoms with Crippen LogP contribution in [0.15, 0.2) is 59.1 Å². The van der Waals surface area contributed by atoms with Gasteiger partial charge in [0.1, 0.15) is 6.10 Å². The molecule has 0 fully saturated rings. The normalized spacial score (nSPS) is 12.6. The van der Waals surface area contributed by atoms with Crippen molar-refractivity contribution in [3.63, 3.8) is 0 Å². The van der Waals surface area contributed by atoms with Crippen LogP contribution >= 0.6 is 23.5 Å². The van der Waals surface area contributed by atoms with Crippen LogP contribution in [0, 0.1) is 0 Å². The summed E-state index contributed by atoms with van der Waals surface area (Å²) in [5.41, 5.74) is 1.13. The fraction of sp³-hybridized carbons (Fsp3) is 0.235. The number of esters is 1. The lowest BCUT2D eigenvalue weighted by Gasteiger charge is -2.22. The summed E-state index contributed by atoms with van der Waals surface area (Å²) in [5.74, 6) is -0.498. The number of carbonyl (C=O) groups is 1. The van der Waals surface area contributed by atoms with Crippen LogP contribution in [-0.2, 0) is 18.3 Å². The average molecular weight is 413 g/mol. The molecule has 0 aliphatic rings. The molecule has 0 radical (unpaired) electrons. The number of rotatable bonds is 7. The molecule has 2 aromatic carbocycles. The van der Waals surface area contributed by atoms with Crippen molar-refractivity contribution in [3.05, 3.63) is 70.2 Å². The minimum Gasteiger partial charge on any atom is -0.453 e. The number of hydrogen-bond donors (Lipinski definition) is 0. The second kappa shape index (κ2) is 8.58. The SMILES string of the molecule is COP(=O)(C[C@H](OC(=O)c1ccccc1)c1ccc(Br)cc1)OC. The fourth-order valence-corrected chi connectivity index (χ4v) is 3.49. The molecule has 0 unspecified atom stereocenters. The average Bonchev–Trinajstić information content (AvgIpc) is 2.62. The van der Waals surface area contributed by atoms with E-state index in [0.29, 0.717) is 11.1 Å². The molecule has 0 heterocycles. The molecule has 1 atom stereocenters. The van der Waals surface area contributed by atoms with Crippen molar-refractivity contribution in [1.82, 2.24) is 0 Å². The van der Waals surface area contributed by atoms with Gasteiger partial charge in [-0.05, 0) is 29.8 Å². The van der Waals surface area contributed by atoms with Crippen molar-refractivity contribution < 1.29 is 23.1 Å². The first-order valence-corrected chi connectivity index (χ1v) is 9.71. The summed E-state index contributed by atoms with van der Waals surface area (Å²) in [6, 6.07) is 15.9. The van der Waals surface area contributed by atoms with Crippen LogP contribution in [0.5, 0.6) is 0 Å². The molecule has 5 nitrogen and oxygen atoms in total. The van der Waals surface area contributed by atoms with Crippen molar-refractivity contribution in [3.8, 4) is 0 Å². The third kappa shape index (κ3) is 5.02. The van der Waals surface area contributed by atoms with E-state index in [-0.39, 0.29) is 6.16 Å². The Morgan fingerprint density at radius 2 is 1.62 bits per heavy atom. The van der Waals surface area contributed by atoms with Crippen LogP contribution in [0.2, 0.25) is 0 Å². The number of benzene rings is 2. The molecule has 7 heteroatoms. The molecule has 0 aromatic heterocycles. The molecule has 128 valence electrons. The summed E-state index contributed by atoms with van der Waals surface area (Å²) < 4.78 is 28.9. The molecule has 0 saturated heterocycles. The van der Waals surface area contributed by atoms with Gasteiger partial charge in [0.2, 0.25) is 0 Å². The largest absolute Gasteiger partial charge is 0.453 e. The molecule has 0 amide bonds. The van der Waals surface area contributed by atoms with Gasteiger partial charge in [0.15, 0.2) is 0 Å². The molecule has 0 N–H and O–H groups in total. The highest BCUT2D eigenvalue weighted by atomic mass is 79.9. The Morgan fingerprint density at radius 1 is 1.04 bits per heavy atom. The topological polar surface area (TPSA) is 61.8 Å². The van der Waals surface area contributed by atoms with Gasteiger partial charge in [0.25, 0.3) is 0 Å². The molecule has 2 aromatic rings. The highest BCUT2D eigenvalue weighted by molar-refractivity contribution is 9.10. The first kappa shape index (κ1) is 18.9. The van der Waals surface area contributed by atoms with Crippen molar-refractivity contribution in [1.29, 1.82) is 0 Å². The third-order valence-corrected chi connectivity index (χ3v) is 5.87. The Kier molecular flexibility index (Phi) is 6.75. The fourth-order valence-electron chi connectivity index (χ4n) is 2.09. The minimum absolute atomic E-state index is 0.0692. The van der Waals surface area contributed by atoms with E-state index in [1.165, 1.54) is 14.2 Å². The molecular formula is C17H18BrO5P. The van der Waals surface area contributed by atoms with Gasteiger partial charge in [-0.25, -0.2) is 4.79 Å². The lowest BCUT2D eigenvalue weighted by molar-refractivity contribution is 0.0333. The van der Waals surface area contributed by atoms with Gasteiger partial charge in [-0.15, -0.1) is 0 Å². The highest BCUT2D eigenvalue weighted by Gasteiger charge is 2.30. The molecule has 0 aliphatic heterocycles. The van der Waals surface area contributed by atoms with E-state index < -0.39 is 19.7 Å². The van der Waals surface area contributed by atoms with Crippen LogP contribution in [0.4, 0.5) is 0 Å². The number of carbonyl (C=O) groups excluding carboxylic acids is 1. The number of halogens is 1. The zero-order chi connectivity index (χ0) is 17.6. The van der Waals surface area contributed by atoms with E-state index in [2.05, 4.69) is 15.9 Å². The van der Waals surface area contributed by atoms with Gasteiger partial charge in [0, 0.05) is 18.7 Å². The van der Waals surface area contributed by atoms with Crippen LogP contribution in [0.25, 0.3) is 0 Å². The predicted molar refractivity (Wildman–Crippen MR) is 95.2 cm³/mol. The monoisotopic (exact) mass is 412 g/mol. The number of hydrogen-bond acceptors (Lipinski definition) is 5. The van der Waals surface area contributed by atoms with Crippen LogP contribution in [0.1, 0.15) is 22.0 Å². The molecular weight excluding hydrogens is 395 g/mol. The summed E-state index contributed by atoms with van der Waals surface area (Å²) in [7, 11) is -0.736. The smallest absolute Gasteiger partial charge is 0.338 e. The maximum atomic E-state index is 12.5. The van der Waals surface area contributed by atoms with Crippen molar-refractivity contribution in [2.75, 3.05) is 20.4 Å². The molecule has 2 rings (SSSR count). The highest BCUT2D eigenvalue weighted by Crippen LogP contribution is 2.50. The van der Waals surface area contributed by atoms with Gasteiger partial charge in [-0.1, -0.05) is 46.3 Å². The first-order valence-electron chi connectivity index (χ1n) is 7.19. The summed E-state index contributed by atoms with van der Waals surface area (Å²) in [5, 5.41) is 0. The first-order chi connectivity index (χ1) is 11.5. The Bertz CT molecular complexity index is 710. The number of ether oxygens (including phenoxy) is 1. The molecule has 0 bridgehead atoms.